The molecule has 0 spiro atoms. The number of amidine groups is 1. The van der Waals surface area contributed by atoms with Gasteiger partial charge in [-0.3, -0.25) is 9.69 Å². The van der Waals surface area contributed by atoms with E-state index in [0.29, 0.717) is 18.1 Å². The van der Waals surface area contributed by atoms with Crippen LogP contribution in [0.5, 0.6) is 5.75 Å². The van der Waals surface area contributed by atoms with Crippen molar-refractivity contribution < 1.29 is 9.53 Å². The molecule has 27 heavy (non-hydrogen) atoms. The van der Waals surface area contributed by atoms with Crippen LogP contribution >= 0.6 is 11.8 Å². The van der Waals surface area contributed by atoms with E-state index in [1.54, 1.807) is 4.90 Å². The lowest BCUT2D eigenvalue weighted by molar-refractivity contribution is -0.122. The molecule has 0 radical (unpaired) electrons. The van der Waals surface area contributed by atoms with Crippen molar-refractivity contribution in [1.82, 2.24) is 4.90 Å². The van der Waals surface area contributed by atoms with Gasteiger partial charge in [-0.1, -0.05) is 43.3 Å². The molecule has 2 aromatic rings. The monoisotopic (exact) mass is 380 g/mol. The van der Waals surface area contributed by atoms with Crippen molar-refractivity contribution in [3.63, 3.8) is 0 Å². The highest BCUT2D eigenvalue weighted by molar-refractivity contribution is 8.18. The maximum atomic E-state index is 12.9. The number of nitrogens with zero attached hydrogens (tertiary/aromatic N) is 2. The second-order valence-electron chi connectivity index (χ2n) is 6.23. The van der Waals surface area contributed by atoms with Crippen molar-refractivity contribution in [2.45, 2.75) is 27.2 Å². The predicted molar refractivity (Wildman–Crippen MR) is 113 cm³/mol. The van der Waals surface area contributed by atoms with Crippen LogP contribution in [0.1, 0.15) is 31.4 Å². The Labute approximate surface area is 164 Å². The molecule has 0 unspecified atom stereocenters. The van der Waals surface area contributed by atoms with Gasteiger partial charge in [-0.15, -0.1) is 0 Å². The Bertz CT molecular complexity index is 889. The highest BCUT2D eigenvalue weighted by Crippen LogP contribution is 2.35. The molecule has 1 fully saturated rings. The van der Waals surface area contributed by atoms with E-state index in [-0.39, 0.29) is 5.91 Å². The summed E-state index contributed by atoms with van der Waals surface area (Å²) in [6.45, 7) is 7.30. The van der Waals surface area contributed by atoms with E-state index in [1.165, 1.54) is 11.8 Å². The second-order valence-corrected chi connectivity index (χ2v) is 7.24. The summed E-state index contributed by atoms with van der Waals surface area (Å²) in [5, 5.41) is 0.718. The topological polar surface area (TPSA) is 41.9 Å². The molecule has 0 N–H and O–H groups in total. The van der Waals surface area contributed by atoms with E-state index in [0.717, 1.165) is 34.2 Å². The Morgan fingerprint density at radius 2 is 1.85 bits per heavy atom. The van der Waals surface area contributed by atoms with Gasteiger partial charge in [0.2, 0.25) is 0 Å². The molecular formula is C22H24N2O2S. The summed E-state index contributed by atoms with van der Waals surface area (Å²) >= 11 is 1.41. The fourth-order valence-corrected chi connectivity index (χ4v) is 3.79. The minimum atomic E-state index is -0.0138. The number of carbonyl (C=O) groups is 1. The highest BCUT2D eigenvalue weighted by atomic mass is 32.2. The molecule has 1 heterocycles. The van der Waals surface area contributed by atoms with Gasteiger partial charge in [0.05, 0.1) is 17.2 Å². The number of benzene rings is 2. The van der Waals surface area contributed by atoms with Crippen LogP contribution in [0.3, 0.4) is 0 Å². The van der Waals surface area contributed by atoms with Gasteiger partial charge in [0.1, 0.15) is 5.75 Å². The van der Waals surface area contributed by atoms with Gasteiger partial charge in [-0.05, 0) is 55.8 Å². The van der Waals surface area contributed by atoms with Crippen LogP contribution in [-0.2, 0) is 4.79 Å². The first kappa shape index (κ1) is 19.2. The fraction of sp³-hybridized carbons (Fsp3) is 0.273. The summed E-state index contributed by atoms with van der Waals surface area (Å²) in [5.74, 6) is 0.785. The number of thioether (sulfide) groups is 1. The third-order valence-electron chi connectivity index (χ3n) is 4.20. The number of amides is 1. The van der Waals surface area contributed by atoms with Crippen molar-refractivity contribution in [3.8, 4) is 5.75 Å². The third-order valence-corrected chi connectivity index (χ3v) is 5.21. The summed E-state index contributed by atoms with van der Waals surface area (Å²) in [5.41, 5.74) is 2.89. The number of carbonyl (C=O) groups excluding carboxylic acids is 1. The van der Waals surface area contributed by atoms with Crippen LogP contribution in [0.25, 0.3) is 6.08 Å². The molecule has 3 rings (SSSR count). The molecule has 1 aliphatic rings. The Morgan fingerprint density at radius 3 is 2.59 bits per heavy atom. The Kier molecular flexibility index (Phi) is 6.35. The maximum absolute atomic E-state index is 12.9. The van der Waals surface area contributed by atoms with Crippen LogP contribution in [0.2, 0.25) is 0 Å². The summed E-state index contributed by atoms with van der Waals surface area (Å²) in [6, 6.07) is 15.7. The normalized spacial score (nSPS) is 17.1. The van der Waals surface area contributed by atoms with E-state index in [1.807, 2.05) is 68.5 Å². The standard InChI is InChI=1S/C22H24N2O2S/c1-4-14-26-19-13-9-7-11-17(19)15-20-21(25)24(5-2)22(27-20)23-18-12-8-6-10-16(18)3/h6-13,15H,4-5,14H2,1-3H3/b20-15+,23-22?. The zero-order chi connectivity index (χ0) is 19.2. The van der Waals surface area contributed by atoms with Crippen LogP contribution in [-0.4, -0.2) is 29.1 Å². The van der Waals surface area contributed by atoms with Crippen molar-refractivity contribution in [3.05, 3.63) is 64.6 Å². The van der Waals surface area contributed by atoms with Gasteiger partial charge >= 0.3 is 0 Å². The Balaban J connectivity index is 1.93. The predicted octanol–water partition coefficient (Wildman–Crippen LogP) is 5.41. The molecule has 0 bridgehead atoms. The number of rotatable bonds is 6. The van der Waals surface area contributed by atoms with Crippen molar-refractivity contribution in [2.75, 3.05) is 13.2 Å². The number of hydrogen-bond donors (Lipinski definition) is 0. The van der Waals surface area contributed by atoms with E-state index < -0.39 is 0 Å². The first-order chi connectivity index (χ1) is 13.1. The minimum absolute atomic E-state index is 0.0138. The van der Waals surface area contributed by atoms with Gasteiger partial charge in [0.15, 0.2) is 5.17 Å². The van der Waals surface area contributed by atoms with E-state index >= 15 is 0 Å². The maximum Gasteiger partial charge on any atom is 0.266 e. The molecule has 0 atom stereocenters. The van der Waals surface area contributed by atoms with Gasteiger partial charge in [-0.25, -0.2) is 4.99 Å². The molecule has 2 aromatic carbocycles. The number of aryl methyl sites for hydroxylation is 1. The first-order valence-corrected chi connectivity index (χ1v) is 10.0. The third kappa shape index (κ3) is 4.42. The zero-order valence-electron chi connectivity index (χ0n) is 15.9. The number of para-hydroxylation sites is 2. The summed E-state index contributed by atoms with van der Waals surface area (Å²) in [7, 11) is 0. The van der Waals surface area contributed by atoms with Crippen LogP contribution in [0.15, 0.2) is 58.4 Å². The SMILES string of the molecule is CCCOc1ccccc1/C=C1/SC(=Nc2ccccc2C)N(CC)C1=O. The largest absolute Gasteiger partial charge is 0.493 e. The summed E-state index contributed by atoms with van der Waals surface area (Å²) in [4.78, 5) is 20.0. The lowest BCUT2D eigenvalue weighted by atomic mass is 10.2. The highest BCUT2D eigenvalue weighted by Gasteiger charge is 2.32. The lowest BCUT2D eigenvalue weighted by Crippen LogP contribution is -2.28. The molecule has 1 saturated heterocycles. The quantitative estimate of drug-likeness (QED) is 0.630. The van der Waals surface area contributed by atoms with Crippen molar-refractivity contribution in [2.24, 2.45) is 4.99 Å². The Morgan fingerprint density at radius 1 is 1.11 bits per heavy atom. The van der Waals surface area contributed by atoms with E-state index in [4.69, 9.17) is 9.73 Å². The first-order valence-electron chi connectivity index (χ1n) is 9.21. The number of ether oxygens (including phenoxy) is 1. The van der Waals surface area contributed by atoms with Gasteiger partial charge in [-0.2, -0.15) is 0 Å². The van der Waals surface area contributed by atoms with Gasteiger partial charge in [0.25, 0.3) is 5.91 Å². The molecule has 0 aromatic heterocycles. The van der Waals surface area contributed by atoms with Gasteiger partial charge < -0.3 is 4.74 Å². The van der Waals surface area contributed by atoms with Gasteiger partial charge in [0, 0.05) is 12.1 Å². The van der Waals surface area contributed by atoms with E-state index in [9.17, 15) is 4.79 Å². The molecule has 4 nitrogen and oxygen atoms in total. The molecule has 1 amide bonds. The summed E-state index contributed by atoms with van der Waals surface area (Å²) < 4.78 is 5.81. The minimum Gasteiger partial charge on any atom is -0.493 e. The number of aliphatic imine (C=N–C) groups is 1. The van der Waals surface area contributed by atoms with E-state index in [2.05, 4.69) is 6.92 Å². The molecule has 0 aliphatic carbocycles. The second kappa shape index (κ2) is 8.91. The summed E-state index contributed by atoms with van der Waals surface area (Å²) in [6.07, 6.45) is 2.84. The average molecular weight is 381 g/mol. The molecule has 0 saturated carbocycles. The van der Waals surface area contributed by atoms with Crippen molar-refractivity contribution >= 4 is 34.6 Å². The van der Waals surface area contributed by atoms with Crippen LogP contribution < -0.4 is 4.74 Å². The number of hydrogen-bond acceptors (Lipinski definition) is 4. The molecular weight excluding hydrogens is 356 g/mol. The molecule has 5 heteroatoms. The van der Waals surface area contributed by atoms with Crippen LogP contribution in [0.4, 0.5) is 5.69 Å². The fourth-order valence-electron chi connectivity index (χ4n) is 2.75. The lowest BCUT2D eigenvalue weighted by Gasteiger charge is -2.12. The smallest absolute Gasteiger partial charge is 0.266 e. The van der Waals surface area contributed by atoms with Crippen LogP contribution in [0, 0.1) is 6.92 Å². The Hall–Kier alpha value is -2.53. The van der Waals surface area contributed by atoms with Crippen molar-refractivity contribution in [1.29, 1.82) is 0 Å². The zero-order valence-corrected chi connectivity index (χ0v) is 16.8. The molecule has 140 valence electrons. The number of likely N-dealkylation sites (N-methyl/N-ethyl adjacent to an activating group) is 1. The molecule has 1 aliphatic heterocycles. The average Bonchev–Trinajstić information content (AvgIpc) is 2.97.